The predicted molar refractivity (Wildman–Crippen MR) is 78.5 cm³/mol. The number of aromatic hydroxyl groups is 1. The smallest absolute Gasteiger partial charge is 0.138 e. The highest BCUT2D eigenvalue weighted by Gasteiger charge is 2.22. The second-order valence-electron chi connectivity index (χ2n) is 5.53. The van der Waals surface area contributed by atoms with Crippen LogP contribution in [-0.2, 0) is 0 Å². The van der Waals surface area contributed by atoms with E-state index in [1.807, 2.05) is 39.8 Å². The number of aliphatic hydroxyl groups is 1. The number of aliphatic hydroxyl groups excluding tert-OH is 1. The Kier molecular flexibility index (Phi) is 4.93. The van der Waals surface area contributed by atoms with Crippen molar-refractivity contribution >= 4 is 22.1 Å². The summed E-state index contributed by atoms with van der Waals surface area (Å²) in [7, 11) is 0. The van der Waals surface area contributed by atoms with E-state index in [4.69, 9.17) is 0 Å². The van der Waals surface area contributed by atoms with Gasteiger partial charge in [-0.15, -0.1) is 0 Å². The molecular formula is C14H20BrNO2. The maximum Gasteiger partial charge on any atom is 0.138 e. The minimum Gasteiger partial charge on any atom is -0.506 e. The molecule has 0 aliphatic carbocycles. The van der Waals surface area contributed by atoms with Crippen molar-refractivity contribution in [1.82, 2.24) is 0 Å². The van der Waals surface area contributed by atoms with Crippen molar-refractivity contribution in [3.8, 4) is 5.75 Å². The summed E-state index contributed by atoms with van der Waals surface area (Å²) in [6.07, 6.45) is 1.62. The first-order chi connectivity index (χ1) is 8.25. The molecule has 3 nitrogen and oxygen atoms in total. The Bertz CT molecular complexity index is 450. The molecule has 0 spiro atoms. The molecule has 0 radical (unpaired) electrons. The Morgan fingerprint density at radius 3 is 2.50 bits per heavy atom. The molecule has 0 aromatic heterocycles. The van der Waals surface area contributed by atoms with E-state index >= 15 is 0 Å². The molecule has 0 saturated carbocycles. The number of halogens is 1. The molecule has 0 unspecified atom stereocenters. The van der Waals surface area contributed by atoms with Gasteiger partial charge in [0, 0.05) is 11.8 Å². The molecule has 2 N–H and O–H groups in total. The zero-order valence-corrected chi connectivity index (χ0v) is 12.8. The standard InChI is InChI=1S/C14H20BrNO2/c1-9-5-10(13(18)11(15)6-9)7-16-12(8-17)14(2,3)4/h5-7,12,17-18H,8H2,1-4H3/t12-/m1/s1. The molecule has 0 fully saturated rings. The number of aliphatic imine (C=N–C) groups is 1. The van der Waals surface area contributed by atoms with E-state index in [9.17, 15) is 10.2 Å². The van der Waals surface area contributed by atoms with E-state index in [2.05, 4.69) is 20.9 Å². The number of phenolic OH excluding ortho intramolecular Hbond substituents is 1. The second kappa shape index (κ2) is 5.85. The van der Waals surface area contributed by atoms with Gasteiger partial charge >= 0.3 is 0 Å². The molecule has 100 valence electrons. The van der Waals surface area contributed by atoms with Gasteiger partial charge < -0.3 is 10.2 Å². The van der Waals surface area contributed by atoms with Gasteiger partial charge in [0.1, 0.15) is 5.75 Å². The summed E-state index contributed by atoms with van der Waals surface area (Å²) in [5.74, 6) is 0.176. The number of aryl methyl sites for hydroxylation is 1. The summed E-state index contributed by atoms with van der Waals surface area (Å²) in [5.41, 5.74) is 1.59. The molecule has 1 aromatic carbocycles. The normalized spacial score (nSPS) is 14.1. The first-order valence-electron chi connectivity index (χ1n) is 5.89. The average Bonchev–Trinajstić information content (AvgIpc) is 2.23. The van der Waals surface area contributed by atoms with Crippen molar-refractivity contribution in [2.45, 2.75) is 33.7 Å². The fourth-order valence-corrected chi connectivity index (χ4v) is 2.16. The highest BCUT2D eigenvalue weighted by molar-refractivity contribution is 9.10. The first-order valence-corrected chi connectivity index (χ1v) is 6.68. The van der Waals surface area contributed by atoms with Crippen LogP contribution >= 0.6 is 15.9 Å². The van der Waals surface area contributed by atoms with Crippen LogP contribution in [-0.4, -0.2) is 29.1 Å². The quantitative estimate of drug-likeness (QED) is 0.841. The largest absolute Gasteiger partial charge is 0.506 e. The molecule has 0 bridgehead atoms. The third-order valence-electron chi connectivity index (χ3n) is 2.80. The third-order valence-corrected chi connectivity index (χ3v) is 3.41. The minimum absolute atomic E-state index is 0.00620. The van der Waals surface area contributed by atoms with Crippen molar-refractivity contribution in [3.63, 3.8) is 0 Å². The average molecular weight is 314 g/mol. The molecule has 4 heteroatoms. The molecule has 0 saturated heterocycles. The van der Waals surface area contributed by atoms with E-state index in [0.29, 0.717) is 10.0 Å². The van der Waals surface area contributed by atoms with Gasteiger partial charge in [0.15, 0.2) is 0 Å². The van der Waals surface area contributed by atoms with Gasteiger partial charge in [-0.25, -0.2) is 0 Å². The predicted octanol–water partition coefficient (Wildman–Crippen LogP) is 3.29. The Morgan fingerprint density at radius 1 is 1.39 bits per heavy atom. The van der Waals surface area contributed by atoms with Crippen LogP contribution in [0.25, 0.3) is 0 Å². The first kappa shape index (κ1) is 15.2. The molecule has 0 heterocycles. The molecular weight excluding hydrogens is 294 g/mol. The van der Waals surface area contributed by atoms with E-state index in [0.717, 1.165) is 5.56 Å². The van der Waals surface area contributed by atoms with E-state index < -0.39 is 0 Å². The van der Waals surface area contributed by atoms with Gasteiger partial charge in [0.2, 0.25) is 0 Å². The van der Waals surface area contributed by atoms with Crippen LogP contribution in [0.5, 0.6) is 5.75 Å². The van der Waals surface area contributed by atoms with E-state index in [-0.39, 0.29) is 23.8 Å². The summed E-state index contributed by atoms with van der Waals surface area (Å²) in [4.78, 5) is 4.37. The Labute approximate surface area is 117 Å². The van der Waals surface area contributed by atoms with Gasteiger partial charge in [0.25, 0.3) is 0 Å². The number of hydrogen-bond acceptors (Lipinski definition) is 3. The van der Waals surface area contributed by atoms with Crippen LogP contribution in [0.4, 0.5) is 0 Å². The number of benzene rings is 1. The van der Waals surface area contributed by atoms with Crippen molar-refractivity contribution < 1.29 is 10.2 Å². The maximum atomic E-state index is 9.91. The minimum atomic E-state index is -0.184. The van der Waals surface area contributed by atoms with Crippen molar-refractivity contribution in [2.75, 3.05) is 6.61 Å². The second-order valence-corrected chi connectivity index (χ2v) is 6.38. The SMILES string of the molecule is Cc1cc(Br)c(O)c(C=N[C@H](CO)C(C)(C)C)c1. The van der Waals surface area contributed by atoms with Crippen molar-refractivity contribution in [1.29, 1.82) is 0 Å². The van der Waals surface area contributed by atoms with Crippen LogP contribution in [0.1, 0.15) is 31.9 Å². The number of rotatable bonds is 3. The zero-order chi connectivity index (χ0) is 13.9. The lowest BCUT2D eigenvalue weighted by Gasteiger charge is -2.25. The monoisotopic (exact) mass is 313 g/mol. The summed E-state index contributed by atoms with van der Waals surface area (Å²) < 4.78 is 0.653. The fourth-order valence-electron chi connectivity index (χ4n) is 1.57. The number of nitrogens with zero attached hydrogens (tertiary/aromatic N) is 1. The third kappa shape index (κ3) is 3.82. The van der Waals surface area contributed by atoms with Crippen LogP contribution in [0, 0.1) is 12.3 Å². The van der Waals surface area contributed by atoms with E-state index in [1.54, 1.807) is 6.21 Å². The van der Waals surface area contributed by atoms with Crippen LogP contribution in [0.15, 0.2) is 21.6 Å². The summed E-state index contributed by atoms with van der Waals surface area (Å²) >= 11 is 3.30. The Morgan fingerprint density at radius 2 is 2.00 bits per heavy atom. The van der Waals surface area contributed by atoms with Crippen LogP contribution in [0.2, 0.25) is 0 Å². The molecule has 0 aliphatic heterocycles. The Balaban J connectivity index is 3.04. The number of hydrogen-bond donors (Lipinski definition) is 2. The summed E-state index contributed by atoms with van der Waals surface area (Å²) in [6.45, 7) is 8.02. The van der Waals surface area contributed by atoms with Gasteiger partial charge in [-0.05, 0) is 46.0 Å². The lowest BCUT2D eigenvalue weighted by atomic mass is 9.88. The lowest BCUT2D eigenvalue weighted by Crippen LogP contribution is -2.28. The highest BCUT2D eigenvalue weighted by Crippen LogP contribution is 2.29. The van der Waals surface area contributed by atoms with Gasteiger partial charge in [0.05, 0.1) is 17.1 Å². The molecule has 0 aliphatic rings. The maximum absolute atomic E-state index is 9.91. The highest BCUT2D eigenvalue weighted by atomic mass is 79.9. The van der Waals surface area contributed by atoms with Crippen LogP contribution in [0.3, 0.4) is 0 Å². The van der Waals surface area contributed by atoms with Gasteiger partial charge in [-0.1, -0.05) is 20.8 Å². The van der Waals surface area contributed by atoms with Crippen molar-refractivity contribution in [3.05, 3.63) is 27.7 Å². The van der Waals surface area contributed by atoms with E-state index in [1.165, 1.54) is 0 Å². The lowest BCUT2D eigenvalue weighted by molar-refractivity contribution is 0.191. The fraction of sp³-hybridized carbons (Fsp3) is 0.500. The summed E-state index contributed by atoms with van der Waals surface area (Å²) in [5, 5.41) is 19.2. The molecule has 1 aromatic rings. The molecule has 18 heavy (non-hydrogen) atoms. The zero-order valence-electron chi connectivity index (χ0n) is 11.2. The molecule has 1 rings (SSSR count). The Hall–Kier alpha value is -0.870. The molecule has 0 amide bonds. The van der Waals surface area contributed by atoms with Crippen molar-refractivity contribution in [2.24, 2.45) is 10.4 Å². The van der Waals surface area contributed by atoms with Crippen LogP contribution < -0.4 is 0 Å². The summed E-state index contributed by atoms with van der Waals surface area (Å²) in [6, 6.07) is 3.52. The molecule has 1 atom stereocenters. The van der Waals surface area contributed by atoms with Gasteiger partial charge in [-0.2, -0.15) is 0 Å². The number of phenols is 1. The van der Waals surface area contributed by atoms with Gasteiger partial charge in [-0.3, -0.25) is 4.99 Å². The topological polar surface area (TPSA) is 52.8 Å².